The van der Waals surface area contributed by atoms with E-state index in [9.17, 15) is 0 Å². The van der Waals surface area contributed by atoms with E-state index in [-0.39, 0.29) is 6.10 Å². The van der Waals surface area contributed by atoms with Gasteiger partial charge in [0, 0.05) is 12.4 Å². The van der Waals surface area contributed by atoms with Crippen molar-refractivity contribution < 1.29 is 4.74 Å². The molecule has 0 saturated carbocycles. The molecule has 0 aliphatic rings. The average molecular weight is 330 g/mol. The normalized spacial score (nSPS) is 12.8. The Bertz CT molecular complexity index is 777. The Morgan fingerprint density at radius 3 is 2.24 bits per heavy atom. The van der Waals surface area contributed by atoms with Gasteiger partial charge in [-0.15, -0.1) is 0 Å². The summed E-state index contributed by atoms with van der Waals surface area (Å²) in [6.07, 6.45) is 13.9. The van der Waals surface area contributed by atoms with Crippen LogP contribution in [0.25, 0.3) is 12.2 Å². The van der Waals surface area contributed by atoms with Gasteiger partial charge in [0.05, 0.1) is 25.6 Å². The lowest BCUT2D eigenvalue weighted by Gasteiger charge is -2.14. The lowest BCUT2D eigenvalue weighted by Crippen LogP contribution is -2.17. The molecule has 126 valence electrons. The average Bonchev–Trinajstić information content (AvgIpc) is 3.18. The lowest BCUT2D eigenvalue weighted by molar-refractivity contribution is 0.0968. The van der Waals surface area contributed by atoms with E-state index in [4.69, 9.17) is 4.74 Å². The second-order valence-electron chi connectivity index (χ2n) is 5.71. The molecule has 3 nitrogen and oxygen atoms in total. The molecule has 0 aliphatic heterocycles. The summed E-state index contributed by atoms with van der Waals surface area (Å²) in [7, 11) is 0. The van der Waals surface area contributed by atoms with Crippen LogP contribution in [0.2, 0.25) is 0 Å². The largest absolute Gasteiger partial charge is 0.368 e. The van der Waals surface area contributed by atoms with Crippen molar-refractivity contribution in [3.8, 4) is 0 Å². The summed E-state index contributed by atoms with van der Waals surface area (Å²) in [5.74, 6) is 0. The Morgan fingerprint density at radius 1 is 0.920 bits per heavy atom. The first-order valence-corrected chi connectivity index (χ1v) is 8.42. The molecule has 3 heteroatoms. The fourth-order valence-corrected chi connectivity index (χ4v) is 2.48. The van der Waals surface area contributed by atoms with Gasteiger partial charge in [-0.05, 0) is 11.1 Å². The van der Waals surface area contributed by atoms with Gasteiger partial charge in [0.25, 0.3) is 0 Å². The number of hydrogen-bond donors (Lipinski definition) is 0. The molecule has 3 rings (SSSR count). The zero-order valence-corrected chi connectivity index (χ0v) is 14.1. The molecule has 2 aromatic carbocycles. The van der Waals surface area contributed by atoms with Gasteiger partial charge in [-0.1, -0.05) is 85.0 Å². The third-order valence-corrected chi connectivity index (χ3v) is 3.77. The van der Waals surface area contributed by atoms with E-state index < -0.39 is 0 Å². The Kier molecular flexibility index (Phi) is 6.37. The molecule has 0 aliphatic carbocycles. The van der Waals surface area contributed by atoms with E-state index in [2.05, 4.69) is 47.5 Å². The number of ether oxygens (including phenoxy) is 1. The summed E-state index contributed by atoms with van der Waals surface area (Å²) in [5, 5.41) is 0. The highest BCUT2D eigenvalue weighted by atomic mass is 16.5. The smallest absolute Gasteiger partial charge is 0.0946 e. The van der Waals surface area contributed by atoms with Crippen LogP contribution in [0.1, 0.15) is 11.1 Å². The molecule has 0 amide bonds. The van der Waals surface area contributed by atoms with Crippen LogP contribution in [0.4, 0.5) is 0 Å². The molecule has 0 fully saturated rings. The Labute approximate surface area is 148 Å². The number of imidazole rings is 1. The van der Waals surface area contributed by atoms with Crippen LogP contribution >= 0.6 is 0 Å². The monoisotopic (exact) mass is 330 g/mol. The highest BCUT2D eigenvalue weighted by molar-refractivity contribution is 5.50. The molecule has 1 heterocycles. The molecule has 3 aromatic rings. The maximum absolute atomic E-state index is 6.04. The minimum absolute atomic E-state index is 0.0187. The third kappa shape index (κ3) is 5.90. The Morgan fingerprint density at radius 2 is 1.60 bits per heavy atom. The number of hydrogen-bond acceptors (Lipinski definition) is 2. The van der Waals surface area contributed by atoms with Crippen molar-refractivity contribution >= 4 is 12.2 Å². The molecule has 0 bridgehead atoms. The Balaban J connectivity index is 1.60. The minimum atomic E-state index is -0.0187. The summed E-state index contributed by atoms with van der Waals surface area (Å²) in [6, 6.07) is 20.5. The first-order valence-electron chi connectivity index (χ1n) is 8.42. The second kappa shape index (κ2) is 9.40. The van der Waals surface area contributed by atoms with Crippen LogP contribution < -0.4 is 0 Å². The Hall–Kier alpha value is -2.91. The molecule has 0 radical (unpaired) electrons. The topological polar surface area (TPSA) is 27.1 Å². The summed E-state index contributed by atoms with van der Waals surface area (Å²) in [4.78, 5) is 4.10. The zero-order chi connectivity index (χ0) is 17.2. The zero-order valence-electron chi connectivity index (χ0n) is 14.1. The molecule has 1 unspecified atom stereocenters. The van der Waals surface area contributed by atoms with Crippen molar-refractivity contribution in [1.82, 2.24) is 9.55 Å². The van der Waals surface area contributed by atoms with E-state index in [1.807, 2.05) is 59.6 Å². The van der Waals surface area contributed by atoms with E-state index in [0.29, 0.717) is 6.61 Å². The first kappa shape index (κ1) is 16.9. The molecule has 0 saturated heterocycles. The molecule has 1 atom stereocenters. The van der Waals surface area contributed by atoms with Crippen molar-refractivity contribution in [2.75, 3.05) is 6.61 Å². The van der Waals surface area contributed by atoms with Gasteiger partial charge in [-0.25, -0.2) is 4.98 Å². The van der Waals surface area contributed by atoms with E-state index in [1.54, 1.807) is 6.20 Å². The first-order chi connectivity index (χ1) is 12.4. The van der Waals surface area contributed by atoms with Crippen molar-refractivity contribution in [2.45, 2.75) is 12.6 Å². The number of rotatable bonds is 8. The quantitative estimate of drug-likeness (QED) is 0.599. The van der Waals surface area contributed by atoms with Crippen LogP contribution in [0.15, 0.2) is 91.5 Å². The highest BCUT2D eigenvalue weighted by Gasteiger charge is 2.05. The summed E-state index contributed by atoms with van der Waals surface area (Å²) >= 11 is 0. The van der Waals surface area contributed by atoms with Gasteiger partial charge in [-0.2, -0.15) is 0 Å². The van der Waals surface area contributed by atoms with Crippen molar-refractivity contribution in [3.63, 3.8) is 0 Å². The minimum Gasteiger partial charge on any atom is -0.368 e. The number of benzene rings is 2. The van der Waals surface area contributed by atoms with Gasteiger partial charge >= 0.3 is 0 Å². The van der Waals surface area contributed by atoms with E-state index in [1.165, 1.54) is 11.1 Å². The summed E-state index contributed by atoms with van der Waals surface area (Å²) in [5.41, 5.74) is 2.35. The SMILES string of the molecule is C(=Cc1ccccc1)COC(C=Cc1ccccc1)Cn1ccnc1. The fourth-order valence-electron chi connectivity index (χ4n) is 2.48. The predicted octanol–water partition coefficient (Wildman–Crippen LogP) is 4.70. The molecule has 0 N–H and O–H groups in total. The van der Waals surface area contributed by atoms with Crippen LogP contribution in [-0.4, -0.2) is 22.3 Å². The van der Waals surface area contributed by atoms with Gasteiger partial charge in [0.2, 0.25) is 0 Å². The van der Waals surface area contributed by atoms with E-state index >= 15 is 0 Å². The van der Waals surface area contributed by atoms with Gasteiger partial charge in [0.15, 0.2) is 0 Å². The molecule has 0 spiro atoms. The predicted molar refractivity (Wildman–Crippen MR) is 103 cm³/mol. The molecule has 1 aromatic heterocycles. The second-order valence-corrected chi connectivity index (χ2v) is 5.71. The van der Waals surface area contributed by atoms with E-state index in [0.717, 1.165) is 6.54 Å². The number of aromatic nitrogens is 2. The summed E-state index contributed by atoms with van der Waals surface area (Å²) in [6.45, 7) is 1.30. The van der Waals surface area contributed by atoms with Crippen LogP contribution in [0, 0.1) is 0 Å². The van der Waals surface area contributed by atoms with Gasteiger partial charge < -0.3 is 9.30 Å². The summed E-state index contributed by atoms with van der Waals surface area (Å²) < 4.78 is 8.07. The standard InChI is InChI=1S/C22H22N2O/c1-3-8-20(9-4-1)12-7-17-25-22(18-24-16-15-23-19-24)14-13-21-10-5-2-6-11-21/h1-16,19,22H,17-18H2. The fraction of sp³-hybridized carbons (Fsp3) is 0.136. The van der Waals surface area contributed by atoms with Crippen molar-refractivity contribution in [2.24, 2.45) is 0 Å². The van der Waals surface area contributed by atoms with Gasteiger partial charge in [0.1, 0.15) is 0 Å². The molecule has 25 heavy (non-hydrogen) atoms. The van der Waals surface area contributed by atoms with Crippen LogP contribution in [0.5, 0.6) is 0 Å². The lowest BCUT2D eigenvalue weighted by atomic mass is 10.2. The van der Waals surface area contributed by atoms with Crippen molar-refractivity contribution in [1.29, 1.82) is 0 Å². The maximum Gasteiger partial charge on any atom is 0.0946 e. The van der Waals surface area contributed by atoms with Gasteiger partial charge in [-0.3, -0.25) is 0 Å². The third-order valence-electron chi connectivity index (χ3n) is 3.77. The van der Waals surface area contributed by atoms with Crippen LogP contribution in [0.3, 0.4) is 0 Å². The molecular weight excluding hydrogens is 308 g/mol. The van der Waals surface area contributed by atoms with Crippen molar-refractivity contribution in [3.05, 3.63) is 103 Å². The van der Waals surface area contributed by atoms with Crippen LogP contribution in [-0.2, 0) is 11.3 Å². The maximum atomic E-state index is 6.04. The molecular formula is C22H22N2O. The highest BCUT2D eigenvalue weighted by Crippen LogP contribution is 2.07. The number of nitrogens with zero attached hydrogens (tertiary/aromatic N) is 2.